The van der Waals surface area contributed by atoms with E-state index in [-0.39, 0.29) is 27.3 Å². The maximum absolute atomic E-state index is 13.1. The van der Waals surface area contributed by atoms with Gasteiger partial charge in [0.2, 0.25) is 0 Å². The fraction of sp³-hybridized carbons (Fsp3) is 0.280. The number of rotatable bonds is 5. The number of pyridine rings is 1. The fourth-order valence-corrected chi connectivity index (χ4v) is 4.48. The average molecular weight is 468 g/mol. The van der Waals surface area contributed by atoms with E-state index < -0.39 is 15.9 Å². The Kier molecular flexibility index (Phi) is 6.51. The van der Waals surface area contributed by atoms with Gasteiger partial charge in [-0.15, -0.1) is 0 Å². The molecule has 1 amide bonds. The van der Waals surface area contributed by atoms with E-state index in [0.29, 0.717) is 11.4 Å². The summed E-state index contributed by atoms with van der Waals surface area (Å²) >= 11 is 0. The van der Waals surface area contributed by atoms with Crippen molar-refractivity contribution >= 4 is 21.6 Å². The van der Waals surface area contributed by atoms with E-state index >= 15 is 0 Å². The molecule has 1 heterocycles. The fourth-order valence-electron chi connectivity index (χ4n) is 3.46. The molecule has 0 unspecified atom stereocenters. The van der Waals surface area contributed by atoms with E-state index in [2.05, 4.69) is 9.71 Å². The van der Waals surface area contributed by atoms with Crippen molar-refractivity contribution in [2.75, 3.05) is 5.73 Å². The molecular weight excluding hydrogens is 438 g/mol. The molecule has 0 aliphatic heterocycles. The first-order valence-corrected chi connectivity index (χ1v) is 11.9. The number of carbonyl (C=O) groups excluding carboxylic acids is 1. The summed E-state index contributed by atoms with van der Waals surface area (Å²) < 4.78 is 33.8. The molecule has 3 aromatic rings. The van der Waals surface area contributed by atoms with Crippen molar-refractivity contribution in [2.45, 2.75) is 51.9 Å². The summed E-state index contributed by atoms with van der Waals surface area (Å²) in [4.78, 5) is 17.4. The minimum atomic E-state index is -4.14. The lowest BCUT2D eigenvalue weighted by atomic mass is 9.91. The Bertz CT molecular complexity index is 1300. The van der Waals surface area contributed by atoms with Crippen LogP contribution < -0.4 is 15.2 Å². The van der Waals surface area contributed by atoms with Crippen LogP contribution in [-0.4, -0.2) is 19.3 Å². The Morgan fingerprint density at radius 2 is 1.67 bits per heavy atom. The maximum Gasteiger partial charge on any atom is 0.270 e. The number of aromatic nitrogens is 1. The topological polar surface area (TPSA) is 111 Å². The molecule has 0 aliphatic carbocycles. The molecule has 8 heteroatoms. The number of carbonyl (C=O) groups is 1. The third-order valence-corrected chi connectivity index (χ3v) is 6.42. The highest BCUT2D eigenvalue weighted by atomic mass is 32.2. The largest absolute Gasteiger partial charge is 0.456 e. The predicted molar refractivity (Wildman–Crippen MR) is 129 cm³/mol. The smallest absolute Gasteiger partial charge is 0.270 e. The number of nitrogens with two attached hydrogens (primary N) is 1. The van der Waals surface area contributed by atoms with Crippen molar-refractivity contribution < 1.29 is 17.9 Å². The Labute approximate surface area is 195 Å². The van der Waals surface area contributed by atoms with E-state index in [1.165, 1.54) is 24.4 Å². The van der Waals surface area contributed by atoms with Gasteiger partial charge in [0.15, 0.2) is 0 Å². The van der Waals surface area contributed by atoms with Gasteiger partial charge < -0.3 is 10.5 Å². The molecule has 0 spiro atoms. The van der Waals surface area contributed by atoms with Gasteiger partial charge in [-0.2, -0.15) is 0 Å². The molecule has 33 heavy (non-hydrogen) atoms. The first-order valence-electron chi connectivity index (χ1n) is 10.5. The van der Waals surface area contributed by atoms with E-state index in [1.807, 2.05) is 53.7 Å². The van der Waals surface area contributed by atoms with Gasteiger partial charge in [0, 0.05) is 29.1 Å². The molecule has 1 aromatic heterocycles. The number of nitrogens with zero attached hydrogens (tertiary/aromatic N) is 1. The van der Waals surface area contributed by atoms with Gasteiger partial charge in [0.25, 0.3) is 15.9 Å². The summed E-state index contributed by atoms with van der Waals surface area (Å²) in [5.74, 6) is -0.00699. The Morgan fingerprint density at radius 1 is 1.03 bits per heavy atom. The standard InChI is InChI=1S/C25H29N3O4S/c1-15-10-16(2)23(17(3)11-15)32-21-13-22(25(4,5)6)27-14-20(21)24(29)28-33(30,31)19-9-7-8-18(26)12-19/h7-14H,26H2,1-6H3,(H,28,29). The number of anilines is 1. The van der Waals surface area contributed by atoms with Crippen molar-refractivity contribution in [3.8, 4) is 11.5 Å². The van der Waals surface area contributed by atoms with Crippen LogP contribution in [0.1, 0.15) is 53.5 Å². The second-order valence-electron chi connectivity index (χ2n) is 9.15. The lowest BCUT2D eigenvalue weighted by molar-refractivity contribution is 0.0978. The quantitative estimate of drug-likeness (QED) is 0.522. The second kappa shape index (κ2) is 8.86. The highest BCUT2D eigenvalue weighted by Gasteiger charge is 2.25. The summed E-state index contributed by atoms with van der Waals surface area (Å²) in [5, 5.41) is 0. The SMILES string of the molecule is Cc1cc(C)c(Oc2cc(C(C)(C)C)ncc2C(=O)NS(=O)(=O)c2cccc(N)c2)c(C)c1. The first kappa shape index (κ1) is 24.3. The van der Waals surface area contributed by atoms with E-state index in [1.54, 1.807) is 12.1 Å². The van der Waals surface area contributed by atoms with Crippen molar-refractivity contribution in [1.82, 2.24) is 9.71 Å². The normalized spacial score (nSPS) is 11.8. The molecule has 0 radical (unpaired) electrons. The van der Waals surface area contributed by atoms with Crippen LogP contribution >= 0.6 is 0 Å². The summed E-state index contributed by atoms with van der Waals surface area (Å²) in [6.45, 7) is 11.8. The Hall–Kier alpha value is -3.39. The monoisotopic (exact) mass is 467 g/mol. The summed E-state index contributed by atoms with van der Waals surface area (Å²) in [6.07, 6.45) is 1.35. The van der Waals surface area contributed by atoms with Crippen LogP contribution in [0.15, 0.2) is 53.6 Å². The summed E-state index contributed by atoms with van der Waals surface area (Å²) in [6, 6.07) is 11.4. The first-order chi connectivity index (χ1) is 15.3. The predicted octanol–water partition coefficient (Wildman–Crippen LogP) is 4.80. The summed E-state index contributed by atoms with van der Waals surface area (Å²) in [5.41, 5.74) is 9.27. The van der Waals surface area contributed by atoms with Crippen LogP contribution in [0, 0.1) is 20.8 Å². The molecule has 2 aromatic carbocycles. The van der Waals surface area contributed by atoms with E-state index in [0.717, 1.165) is 16.7 Å². The van der Waals surface area contributed by atoms with Gasteiger partial charge in [-0.05, 0) is 50.1 Å². The van der Waals surface area contributed by atoms with Crippen molar-refractivity contribution in [3.63, 3.8) is 0 Å². The number of nitrogens with one attached hydrogen (secondary N) is 1. The van der Waals surface area contributed by atoms with Gasteiger partial charge in [-0.1, -0.05) is 44.5 Å². The van der Waals surface area contributed by atoms with Crippen LogP contribution in [0.25, 0.3) is 0 Å². The van der Waals surface area contributed by atoms with Crippen molar-refractivity contribution in [3.05, 3.63) is 76.6 Å². The molecular formula is C25H29N3O4S. The maximum atomic E-state index is 13.1. The van der Waals surface area contributed by atoms with Crippen LogP contribution in [0.5, 0.6) is 11.5 Å². The number of aryl methyl sites for hydroxylation is 3. The zero-order valence-electron chi connectivity index (χ0n) is 19.7. The van der Waals surface area contributed by atoms with Crippen LogP contribution in [0.4, 0.5) is 5.69 Å². The Balaban J connectivity index is 2.05. The minimum Gasteiger partial charge on any atom is -0.456 e. The van der Waals surface area contributed by atoms with Gasteiger partial charge in [-0.3, -0.25) is 9.78 Å². The number of amides is 1. The van der Waals surface area contributed by atoms with E-state index in [9.17, 15) is 13.2 Å². The molecule has 7 nitrogen and oxygen atoms in total. The van der Waals surface area contributed by atoms with Crippen molar-refractivity contribution in [2.24, 2.45) is 0 Å². The third kappa shape index (κ3) is 5.51. The minimum absolute atomic E-state index is 0.00912. The number of benzene rings is 2. The average Bonchev–Trinajstić information content (AvgIpc) is 2.69. The highest BCUT2D eigenvalue weighted by Crippen LogP contribution is 2.34. The van der Waals surface area contributed by atoms with Gasteiger partial charge >= 0.3 is 0 Å². The molecule has 174 valence electrons. The number of nitrogen functional groups attached to an aromatic ring is 1. The summed E-state index contributed by atoms with van der Waals surface area (Å²) in [7, 11) is -4.14. The molecule has 3 rings (SSSR count). The highest BCUT2D eigenvalue weighted by molar-refractivity contribution is 7.90. The van der Waals surface area contributed by atoms with Crippen LogP contribution in [0.2, 0.25) is 0 Å². The Morgan fingerprint density at radius 3 is 2.24 bits per heavy atom. The zero-order chi connectivity index (χ0) is 24.6. The van der Waals surface area contributed by atoms with Gasteiger partial charge in [0.1, 0.15) is 17.1 Å². The lowest BCUT2D eigenvalue weighted by Crippen LogP contribution is -2.31. The number of hydrogen-bond acceptors (Lipinski definition) is 6. The van der Waals surface area contributed by atoms with Crippen LogP contribution in [0.3, 0.4) is 0 Å². The van der Waals surface area contributed by atoms with Gasteiger partial charge in [-0.25, -0.2) is 13.1 Å². The number of sulfonamides is 1. The number of hydrogen-bond donors (Lipinski definition) is 2. The second-order valence-corrected chi connectivity index (χ2v) is 10.8. The molecule has 0 bridgehead atoms. The van der Waals surface area contributed by atoms with Gasteiger partial charge in [0.05, 0.1) is 4.90 Å². The lowest BCUT2D eigenvalue weighted by Gasteiger charge is -2.21. The molecule has 0 atom stereocenters. The molecule has 3 N–H and O–H groups in total. The molecule has 0 aliphatic rings. The zero-order valence-corrected chi connectivity index (χ0v) is 20.5. The van der Waals surface area contributed by atoms with Crippen LogP contribution in [-0.2, 0) is 15.4 Å². The number of ether oxygens (including phenoxy) is 1. The molecule has 0 saturated heterocycles. The third-order valence-electron chi connectivity index (χ3n) is 5.09. The van der Waals surface area contributed by atoms with Crippen molar-refractivity contribution in [1.29, 1.82) is 0 Å². The van der Waals surface area contributed by atoms with E-state index in [4.69, 9.17) is 10.5 Å². The molecule has 0 fully saturated rings. The molecule has 0 saturated carbocycles.